The quantitative estimate of drug-likeness (QED) is 0.177. The number of amides is 4. The lowest BCUT2D eigenvalue weighted by Crippen LogP contribution is -2.66. The van der Waals surface area contributed by atoms with E-state index in [1.807, 2.05) is 54.6 Å². The van der Waals surface area contributed by atoms with Gasteiger partial charge in [0.05, 0.1) is 37.0 Å². The van der Waals surface area contributed by atoms with Gasteiger partial charge in [-0.3, -0.25) is 14.6 Å². The minimum absolute atomic E-state index is 0.0635. The van der Waals surface area contributed by atoms with Crippen LogP contribution in [0.4, 0.5) is 15.6 Å². The number of ether oxygens (including phenoxy) is 1. The van der Waals surface area contributed by atoms with E-state index in [0.717, 1.165) is 32.7 Å². The number of nitrogens with zero attached hydrogens (tertiary/aromatic N) is 5. The Morgan fingerprint density at radius 3 is 2.57 bits per heavy atom. The molecule has 2 aliphatic heterocycles. The van der Waals surface area contributed by atoms with Gasteiger partial charge in [-0.05, 0) is 47.0 Å². The van der Waals surface area contributed by atoms with Crippen molar-refractivity contribution in [2.24, 2.45) is 0 Å². The van der Waals surface area contributed by atoms with Crippen LogP contribution in [-0.4, -0.2) is 81.6 Å². The van der Waals surface area contributed by atoms with E-state index in [2.05, 4.69) is 16.9 Å². The van der Waals surface area contributed by atoms with Crippen molar-refractivity contribution >= 4 is 50.2 Å². The van der Waals surface area contributed by atoms with Gasteiger partial charge >= 0.3 is 6.03 Å². The fraction of sp³-hybridized carbons (Fsp3) is 0.273. The Kier molecular flexibility index (Phi) is 8.77. The van der Waals surface area contributed by atoms with Gasteiger partial charge in [-0.1, -0.05) is 53.8 Å². The Morgan fingerprint density at radius 2 is 1.85 bits per heavy atom. The molecule has 238 valence electrons. The van der Waals surface area contributed by atoms with Gasteiger partial charge in [-0.2, -0.15) is 5.01 Å². The highest BCUT2D eigenvalue weighted by Crippen LogP contribution is 2.32. The van der Waals surface area contributed by atoms with Crippen LogP contribution in [-0.2, 0) is 29.1 Å². The number of urea groups is 1. The van der Waals surface area contributed by atoms with Crippen LogP contribution in [0.15, 0.2) is 79.4 Å². The third-order valence-corrected chi connectivity index (χ3v) is 9.15. The van der Waals surface area contributed by atoms with Crippen LogP contribution < -0.4 is 21.5 Å². The summed E-state index contributed by atoms with van der Waals surface area (Å²) < 4.78 is 6.16. The van der Waals surface area contributed by atoms with Crippen LogP contribution in [0.1, 0.15) is 16.7 Å². The maximum absolute atomic E-state index is 14.2. The second-order valence-corrected chi connectivity index (χ2v) is 12.3. The molecule has 3 heterocycles. The van der Waals surface area contributed by atoms with E-state index in [-0.39, 0.29) is 50.6 Å². The SMILES string of the molecule is C=CCN(C(=O)NCc1ccc(OC)cc1)N1CC(=O)N2[C@@H](Cc3ccc(N)cc3)C(=O)N(Cc3cccc4sc(N)nc34)C[C@@H]21. The fourth-order valence-electron chi connectivity index (χ4n) is 6.06. The molecule has 2 fully saturated rings. The van der Waals surface area contributed by atoms with Crippen molar-refractivity contribution in [1.29, 1.82) is 0 Å². The molecule has 0 saturated carbocycles. The minimum atomic E-state index is -0.785. The number of piperazine rings is 1. The van der Waals surface area contributed by atoms with E-state index < -0.39 is 12.2 Å². The number of carbonyl (C=O) groups excluding carboxylic acids is 3. The lowest BCUT2D eigenvalue weighted by atomic mass is 9.99. The molecule has 12 nitrogen and oxygen atoms in total. The van der Waals surface area contributed by atoms with Crippen molar-refractivity contribution in [3.05, 3.63) is 96.1 Å². The molecule has 5 N–H and O–H groups in total. The Hall–Kier alpha value is -5.14. The molecule has 0 aliphatic carbocycles. The molecule has 4 amide bonds. The average molecular weight is 641 g/mol. The first-order valence-corrected chi connectivity index (χ1v) is 15.7. The lowest BCUT2D eigenvalue weighted by molar-refractivity contribution is -0.157. The van der Waals surface area contributed by atoms with Crippen molar-refractivity contribution < 1.29 is 19.1 Å². The molecule has 0 radical (unpaired) electrons. The molecule has 3 aromatic carbocycles. The number of benzene rings is 3. The van der Waals surface area contributed by atoms with Gasteiger partial charge in [-0.15, -0.1) is 6.58 Å². The van der Waals surface area contributed by atoms with Crippen LogP contribution in [0.2, 0.25) is 0 Å². The van der Waals surface area contributed by atoms with Gasteiger partial charge in [0.15, 0.2) is 5.13 Å². The van der Waals surface area contributed by atoms with Gasteiger partial charge in [0.1, 0.15) is 18.0 Å². The topological polar surface area (TPSA) is 150 Å². The Bertz CT molecular complexity index is 1760. The number of anilines is 2. The van der Waals surface area contributed by atoms with Crippen LogP contribution in [0, 0.1) is 0 Å². The zero-order chi connectivity index (χ0) is 32.4. The molecular weight excluding hydrogens is 604 g/mol. The van der Waals surface area contributed by atoms with E-state index in [0.29, 0.717) is 17.2 Å². The number of rotatable bonds is 10. The molecule has 46 heavy (non-hydrogen) atoms. The maximum Gasteiger partial charge on any atom is 0.332 e. The van der Waals surface area contributed by atoms with Crippen LogP contribution in [0.3, 0.4) is 0 Å². The van der Waals surface area contributed by atoms with Crippen molar-refractivity contribution in [1.82, 2.24) is 30.1 Å². The van der Waals surface area contributed by atoms with E-state index >= 15 is 0 Å². The van der Waals surface area contributed by atoms with Gasteiger partial charge in [0, 0.05) is 25.2 Å². The third-order valence-electron chi connectivity index (χ3n) is 8.30. The number of hydrazine groups is 1. The number of carbonyl (C=O) groups is 3. The number of nitrogens with two attached hydrogens (primary N) is 2. The van der Waals surface area contributed by atoms with Crippen molar-refractivity contribution in [3.8, 4) is 5.75 Å². The Balaban J connectivity index is 1.30. The highest BCUT2D eigenvalue weighted by molar-refractivity contribution is 7.22. The maximum atomic E-state index is 14.2. The molecule has 0 unspecified atom stereocenters. The number of hydrogen-bond donors (Lipinski definition) is 3. The Morgan fingerprint density at radius 1 is 1.11 bits per heavy atom. The zero-order valence-corrected chi connectivity index (χ0v) is 26.3. The summed E-state index contributed by atoms with van der Waals surface area (Å²) in [6.07, 6.45) is 1.32. The average Bonchev–Trinajstić information content (AvgIpc) is 3.60. The number of methoxy groups -OCH3 is 1. The number of thiazole rings is 1. The summed E-state index contributed by atoms with van der Waals surface area (Å²) in [6, 6.07) is 19.3. The molecule has 0 bridgehead atoms. The third kappa shape index (κ3) is 6.19. The molecule has 2 aliphatic rings. The summed E-state index contributed by atoms with van der Waals surface area (Å²) >= 11 is 1.39. The predicted octanol–water partition coefficient (Wildman–Crippen LogP) is 3.21. The first kappa shape index (κ1) is 30.9. The number of aromatic nitrogens is 1. The van der Waals surface area contributed by atoms with Crippen molar-refractivity contribution in [2.75, 3.05) is 38.2 Å². The minimum Gasteiger partial charge on any atom is -0.497 e. The summed E-state index contributed by atoms with van der Waals surface area (Å²) in [5, 5.41) is 6.65. The van der Waals surface area contributed by atoms with Crippen LogP contribution in [0.5, 0.6) is 5.75 Å². The fourth-order valence-corrected chi connectivity index (χ4v) is 6.84. The summed E-state index contributed by atoms with van der Waals surface area (Å²) in [5.74, 6) is 0.311. The van der Waals surface area contributed by atoms with Crippen LogP contribution >= 0.6 is 11.3 Å². The first-order chi connectivity index (χ1) is 22.2. The van der Waals surface area contributed by atoms with E-state index in [1.165, 1.54) is 16.3 Å². The number of nitrogens with one attached hydrogen (secondary N) is 1. The summed E-state index contributed by atoms with van der Waals surface area (Å²) in [7, 11) is 1.60. The number of fused-ring (bicyclic) bond motifs is 2. The number of hydrogen-bond acceptors (Lipinski definition) is 9. The normalized spacial score (nSPS) is 18.1. The second-order valence-electron chi connectivity index (χ2n) is 11.3. The highest BCUT2D eigenvalue weighted by atomic mass is 32.1. The molecule has 6 rings (SSSR count). The van der Waals surface area contributed by atoms with Crippen molar-refractivity contribution in [3.63, 3.8) is 0 Å². The molecule has 1 aromatic heterocycles. The standard InChI is InChI=1S/C33H36N8O4S/c1-3-15-39(33(44)36-17-22-9-13-25(45-2)14-10-22)40-20-29(42)41-26(16-21-7-11-24(34)12-8-21)31(43)38(19-28(40)41)18-23-5-4-6-27-30(23)37-32(35)46-27/h3-14,26,28H,1,15-20,34H2,2H3,(H2,35,37)(H,36,44)/t26-,28+/m0/s1. The molecule has 2 atom stereocenters. The molecule has 0 spiro atoms. The van der Waals surface area contributed by atoms with Gasteiger partial charge in [0.2, 0.25) is 11.8 Å². The molecule has 4 aromatic rings. The molecule has 2 saturated heterocycles. The van der Waals surface area contributed by atoms with Crippen molar-refractivity contribution in [2.45, 2.75) is 31.7 Å². The van der Waals surface area contributed by atoms with E-state index in [4.69, 9.17) is 16.2 Å². The monoisotopic (exact) mass is 640 g/mol. The smallest absolute Gasteiger partial charge is 0.332 e. The summed E-state index contributed by atoms with van der Waals surface area (Å²) in [5.41, 5.74) is 15.9. The van der Waals surface area contributed by atoms with Gasteiger partial charge in [-0.25, -0.2) is 9.78 Å². The zero-order valence-electron chi connectivity index (χ0n) is 25.5. The molecule has 13 heteroatoms. The largest absolute Gasteiger partial charge is 0.497 e. The highest BCUT2D eigenvalue weighted by Gasteiger charge is 2.52. The summed E-state index contributed by atoms with van der Waals surface area (Å²) in [4.78, 5) is 49.4. The summed E-state index contributed by atoms with van der Waals surface area (Å²) in [6.45, 7) is 4.70. The van der Waals surface area contributed by atoms with E-state index in [1.54, 1.807) is 40.1 Å². The Labute approximate surface area is 270 Å². The second kappa shape index (κ2) is 13.1. The molecular formula is C33H36N8O4S. The first-order valence-electron chi connectivity index (χ1n) is 14.9. The lowest BCUT2D eigenvalue weighted by Gasteiger charge is -2.46. The van der Waals surface area contributed by atoms with Crippen LogP contribution in [0.25, 0.3) is 10.2 Å². The number of para-hydroxylation sites is 1. The predicted molar refractivity (Wildman–Crippen MR) is 177 cm³/mol. The van der Waals surface area contributed by atoms with E-state index in [9.17, 15) is 14.4 Å². The van der Waals surface area contributed by atoms with Gasteiger partial charge < -0.3 is 31.3 Å². The van der Waals surface area contributed by atoms with Gasteiger partial charge in [0.25, 0.3) is 0 Å². The number of nitrogen functional groups attached to an aromatic ring is 2.